The molecule has 0 saturated heterocycles. The molecule has 30 heavy (non-hydrogen) atoms. The molecule has 1 aliphatic rings. The van der Waals surface area contributed by atoms with E-state index in [1.54, 1.807) is 29.3 Å². The Bertz CT molecular complexity index is 1200. The summed E-state index contributed by atoms with van der Waals surface area (Å²) in [6, 6.07) is 9.63. The first-order valence-corrected chi connectivity index (χ1v) is 12.5. The first kappa shape index (κ1) is 23.0. The highest BCUT2D eigenvalue weighted by molar-refractivity contribution is 7.91. The minimum absolute atomic E-state index is 0.00825. The number of halogens is 2. The highest BCUT2D eigenvalue weighted by Gasteiger charge is 2.21. The fourth-order valence-electron chi connectivity index (χ4n) is 2.98. The van der Waals surface area contributed by atoms with Crippen LogP contribution in [0.3, 0.4) is 0 Å². The average molecular weight is 493 g/mol. The van der Waals surface area contributed by atoms with E-state index in [-0.39, 0.29) is 4.90 Å². The summed E-state index contributed by atoms with van der Waals surface area (Å²) in [5, 5.41) is 7.30. The molecule has 0 spiro atoms. The Hall–Kier alpha value is -1.69. The van der Waals surface area contributed by atoms with Crippen LogP contribution in [0.15, 0.2) is 46.4 Å². The summed E-state index contributed by atoms with van der Waals surface area (Å²) in [5.41, 5.74) is 3.42. The van der Waals surface area contributed by atoms with Gasteiger partial charge in [0.1, 0.15) is 0 Å². The molecular weight excluding hydrogens is 475 g/mol. The summed E-state index contributed by atoms with van der Waals surface area (Å²) in [6.07, 6.45) is 0.686. The van der Waals surface area contributed by atoms with Crippen LogP contribution in [0.2, 0.25) is 10.0 Å². The molecule has 0 atom stereocenters. The molecule has 1 heterocycles. The Kier molecular flexibility index (Phi) is 6.75. The first-order valence-electron chi connectivity index (χ1n) is 8.72. The largest absolute Gasteiger partial charge is 0.397 e. The lowest BCUT2D eigenvalue weighted by molar-refractivity contribution is 0.284. The van der Waals surface area contributed by atoms with Crippen LogP contribution in [0, 0.1) is 6.92 Å². The lowest BCUT2D eigenvalue weighted by atomic mass is 10.0. The summed E-state index contributed by atoms with van der Waals surface area (Å²) in [4.78, 5) is 0.00825. The van der Waals surface area contributed by atoms with E-state index in [1.807, 2.05) is 6.92 Å². The fourth-order valence-corrected chi connectivity index (χ4v) is 4.85. The molecule has 0 amide bonds. The van der Waals surface area contributed by atoms with Gasteiger partial charge < -0.3 is 0 Å². The second-order valence-corrected chi connectivity index (χ2v) is 10.6. The van der Waals surface area contributed by atoms with Crippen LogP contribution in [0.5, 0.6) is 0 Å². The van der Waals surface area contributed by atoms with Gasteiger partial charge in [-0.25, -0.2) is 12.6 Å². The molecule has 0 saturated carbocycles. The topological polar surface area (TPSA) is 113 Å². The van der Waals surface area contributed by atoms with Gasteiger partial charge in [-0.15, -0.1) is 0 Å². The molecule has 0 bridgehead atoms. The maximum absolute atomic E-state index is 12.3. The maximum atomic E-state index is 12.3. The average Bonchev–Trinajstić information content (AvgIpc) is 3.13. The van der Waals surface area contributed by atoms with Gasteiger partial charge in [0.25, 0.3) is 0 Å². The highest BCUT2D eigenvalue weighted by atomic mass is 35.5. The summed E-state index contributed by atoms with van der Waals surface area (Å²) in [6.45, 7) is 1.86. The number of anilines is 1. The van der Waals surface area contributed by atoms with Crippen LogP contribution in [0.4, 0.5) is 5.69 Å². The standard InChI is InChI=1S/C18H18Cl2N2O6S2/c1-12-10-16(19)17(20)11-15(12)18-6-7-22(21-18)13-2-4-14(5-3-13)29(23,24)9-8-28-30(25,26)27/h2-5,10-11H,6-9H2,1H3,(H,25,26,27). The van der Waals surface area contributed by atoms with Crippen molar-refractivity contribution in [1.29, 1.82) is 0 Å². The minimum atomic E-state index is -4.68. The zero-order chi connectivity index (χ0) is 22.1. The van der Waals surface area contributed by atoms with Crippen molar-refractivity contribution in [3.63, 3.8) is 0 Å². The zero-order valence-electron chi connectivity index (χ0n) is 15.7. The molecule has 8 nitrogen and oxygen atoms in total. The van der Waals surface area contributed by atoms with Crippen molar-refractivity contribution in [3.05, 3.63) is 57.6 Å². The molecule has 0 aromatic heterocycles. The lowest BCUT2D eigenvalue weighted by Crippen LogP contribution is -2.16. The molecule has 0 radical (unpaired) electrons. The van der Waals surface area contributed by atoms with E-state index in [9.17, 15) is 16.8 Å². The molecule has 0 aliphatic carbocycles. The molecule has 2 aromatic carbocycles. The minimum Gasteiger partial charge on any atom is -0.265 e. The van der Waals surface area contributed by atoms with Crippen molar-refractivity contribution in [3.8, 4) is 0 Å². The van der Waals surface area contributed by atoms with Gasteiger partial charge in [-0.05, 0) is 48.9 Å². The summed E-state index contributed by atoms with van der Waals surface area (Å²) in [5.74, 6) is -0.589. The van der Waals surface area contributed by atoms with Crippen LogP contribution in [-0.2, 0) is 24.4 Å². The van der Waals surface area contributed by atoms with Crippen LogP contribution in [0.1, 0.15) is 17.5 Å². The van der Waals surface area contributed by atoms with Gasteiger partial charge in [0, 0.05) is 18.5 Å². The summed E-state index contributed by atoms with van der Waals surface area (Å²) >= 11 is 12.2. The van der Waals surface area contributed by atoms with E-state index in [4.69, 9.17) is 27.8 Å². The zero-order valence-corrected chi connectivity index (χ0v) is 18.9. The van der Waals surface area contributed by atoms with Gasteiger partial charge in [0.05, 0.1) is 38.7 Å². The third kappa shape index (κ3) is 5.51. The SMILES string of the molecule is Cc1cc(Cl)c(Cl)cc1C1=NN(c2ccc(S(=O)(=O)CCOS(=O)(=O)O)cc2)CC1. The second kappa shape index (κ2) is 8.81. The van der Waals surface area contributed by atoms with Gasteiger partial charge in [-0.2, -0.15) is 13.5 Å². The van der Waals surface area contributed by atoms with Crippen molar-refractivity contribution in [1.82, 2.24) is 0 Å². The second-order valence-electron chi connectivity index (χ2n) is 6.56. The molecule has 1 N–H and O–H groups in total. The number of sulfone groups is 1. The van der Waals surface area contributed by atoms with Gasteiger partial charge in [-0.1, -0.05) is 23.2 Å². The van der Waals surface area contributed by atoms with Crippen molar-refractivity contribution in [2.45, 2.75) is 18.2 Å². The molecule has 0 fully saturated rings. The van der Waals surface area contributed by atoms with Gasteiger partial charge in [0.2, 0.25) is 0 Å². The van der Waals surface area contributed by atoms with E-state index < -0.39 is 32.6 Å². The number of nitrogens with zero attached hydrogens (tertiary/aromatic N) is 2. The Labute approximate surface area is 184 Å². The first-order chi connectivity index (χ1) is 14.0. The number of aryl methyl sites for hydroxylation is 1. The fraction of sp³-hybridized carbons (Fsp3) is 0.278. The smallest absolute Gasteiger partial charge is 0.265 e. The summed E-state index contributed by atoms with van der Waals surface area (Å²) in [7, 11) is -8.46. The molecule has 0 unspecified atom stereocenters. The van der Waals surface area contributed by atoms with Gasteiger partial charge in [-0.3, -0.25) is 9.56 Å². The van der Waals surface area contributed by atoms with Crippen molar-refractivity contribution >= 4 is 54.8 Å². The summed E-state index contributed by atoms with van der Waals surface area (Å²) < 4.78 is 58.2. The Balaban J connectivity index is 1.75. The van der Waals surface area contributed by atoms with E-state index in [0.29, 0.717) is 28.7 Å². The van der Waals surface area contributed by atoms with E-state index >= 15 is 0 Å². The van der Waals surface area contributed by atoms with E-state index in [2.05, 4.69) is 9.28 Å². The van der Waals surface area contributed by atoms with E-state index in [1.165, 1.54) is 12.1 Å². The van der Waals surface area contributed by atoms with Crippen molar-refractivity contribution in [2.75, 3.05) is 23.9 Å². The van der Waals surface area contributed by atoms with Crippen molar-refractivity contribution < 1.29 is 25.6 Å². The van der Waals surface area contributed by atoms with Gasteiger partial charge >= 0.3 is 10.4 Å². The van der Waals surface area contributed by atoms with Crippen LogP contribution < -0.4 is 5.01 Å². The molecule has 1 aliphatic heterocycles. The van der Waals surface area contributed by atoms with Crippen LogP contribution in [0.25, 0.3) is 0 Å². The number of benzene rings is 2. The molecule has 12 heteroatoms. The predicted octanol–water partition coefficient (Wildman–Crippen LogP) is 3.51. The van der Waals surface area contributed by atoms with Gasteiger partial charge in [0.15, 0.2) is 9.84 Å². The number of hydrogen-bond donors (Lipinski definition) is 1. The molecule has 3 rings (SSSR count). The quantitative estimate of drug-likeness (QED) is 0.588. The highest BCUT2D eigenvalue weighted by Crippen LogP contribution is 2.29. The van der Waals surface area contributed by atoms with Crippen LogP contribution in [-0.4, -0.2) is 46.0 Å². The number of rotatable bonds is 7. The number of hydrogen-bond acceptors (Lipinski definition) is 7. The Morgan fingerprint density at radius 1 is 1.10 bits per heavy atom. The maximum Gasteiger partial charge on any atom is 0.397 e. The normalized spacial score (nSPS) is 14.8. The monoisotopic (exact) mass is 492 g/mol. The van der Waals surface area contributed by atoms with E-state index in [0.717, 1.165) is 16.8 Å². The molecule has 162 valence electrons. The predicted molar refractivity (Wildman–Crippen MR) is 116 cm³/mol. The Morgan fingerprint density at radius 2 is 1.73 bits per heavy atom. The molecular formula is C18H18Cl2N2O6S2. The lowest BCUT2D eigenvalue weighted by Gasteiger charge is -2.14. The van der Waals surface area contributed by atoms with Crippen LogP contribution >= 0.6 is 23.2 Å². The Morgan fingerprint density at radius 3 is 2.37 bits per heavy atom. The molecule has 2 aromatic rings. The van der Waals surface area contributed by atoms with Crippen molar-refractivity contribution in [2.24, 2.45) is 5.10 Å². The number of hydrazone groups is 1. The third-order valence-corrected chi connectivity index (χ3v) is 7.34. The third-order valence-electron chi connectivity index (χ3n) is 4.46.